The minimum atomic E-state index is -0.771. The lowest BCUT2D eigenvalue weighted by atomic mass is 9.75. The molecule has 1 aliphatic carbocycles. The van der Waals surface area contributed by atoms with E-state index in [-0.39, 0.29) is 24.4 Å². The maximum absolute atomic E-state index is 12.7. The second-order valence-corrected chi connectivity index (χ2v) is 7.36. The molecule has 0 aromatic heterocycles. The van der Waals surface area contributed by atoms with Crippen molar-refractivity contribution in [1.29, 1.82) is 0 Å². The van der Waals surface area contributed by atoms with E-state index in [0.717, 1.165) is 24.2 Å². The van der Waals surface area contributed by atoms with E-state index in [9.17, 15) is 14.4 Å². The predicted molar refractivity (Wildman–Crippen MR) is 87.7 cm³/mol. The maximum Gasteiger partial charge on any atom is 0.325 e. The lowest BCUT2D eigenvalue weighted by molar-refractivity contribution is -0.136. The zero-order valence-corrected chi connectivity index (χ0v) is 14.6. The van der Waals surface area contributed by atoms with E-state index < -0.39 is 11.6 Å². The van der Waals surface area contributed by atoms with Crippen LogP contribution < -0.4 is 10.6 Å². The van der Waals surface area contributed by atoms with Gasteiger partial charge in [0, 0.05) is 6.04 Å². The molecule has 23 heavy (non-hydrogen) atoms. The van der Waals surface area contributed by atoms with E-state index in [4.69, 9.17) is 0 Å². The summed E-state index contributed by atoms with van der Waals surface area (Å²) in [6, 6.07) is -0.422. The van der Waals surface area contributed by atoms with Gasteiger partial charge in [-0.25, -0.2) is 4.79 Å². The number of amides is 4. The Labute approximate surface area is 138 Å². The SMILES string of the molecule is CCC1CCC2(CC1)NC(=O)N(CC(=O)N[C@H](C)C(C)C)C2=O. The molecule has 0 radical (unpaired) electrons. The molecule has 2 fully saturated rings. The third kappa shape index (κ3) is 3.67. The van der Waals surface area contributed by atoms with Crippen molar-refractivity contribution in [3.05, 3.63) is 0 Å². The highest BCUT2D eigenvalue weighted by Gasteiger charge is 2.52. The van der Waals surface area contributed by atoms with Gasteiger partial charge in [-0.2, -0.15) is 0 Å². The molecule has 130 valence electrons. The molecule has 1 spiro atoms. The molecule has 6 heteroatoms. The first-order chi connectivity index (χ1) is 10.8. The smallest absolute Gasteiger partial charge is 0.325 e. The molecule has 2 N–H and O–H groups in total. The topological polar surface area (TPSA) is 78.5 Å². The molecule has 4 amide bonds. The van der Waals surface area contributed by atoms with Gasteiger partial charge in [-0.3, -0.25) is 14.5 Å². The van der Waals surface area contributed by atoms with Crippen LogP contribution in [0.25, 0.3) is 0 Å². The van der Waals surface area contributed by atoms with Gasteiger partial charge in [0.25, 0.3) is 5.91 Å². The summed E-state index contributed by atoms with van der Waals surface area (Å²) in [7, 11) is 0. The van der Waals surface area contributed by atoms with Crippen LogP contribution in [0.15, 0.2) is 0 Å². The van der Waals surface area contributed by atoms with Crippen LogP contribution >= 0.6 is 0 Å². The number of hydrogen-bond donors (Lipinski definition) is 2. The largest absolute Gasteiger partial charge is 0.352 e. The minimum absolute atomic E-state index is 0.0113. The molecule has 1 heterocycles. The molecule has 0 aromatic carbocycles. The van der Waals surface area contributed by atoms with Crippen molar-refractivity contribution >= 4 is 17.8 Å². The summed E-state index contributed by atoms with van der Waals surface area (Å²) in [5, 5.41) is 5.69. The van der Waals surface area contributed by atoms with Crippen LogP contribution in [0.1, 0.15) is 59.8 Å². The van der Waals surface area contributed by atoms with Crippen LogP contribution in [0.5, 0.6) is 0 Å². The van der Waals surface area contributed by atoms with Crippen LogP contribution in [0, 0.1) is 11.8 Å². The standard InChI is InChI=1S/C17H29N3O3/c1-5-13-6-8-17(9-7-13)15(22)20(16(23)19-17)10-14(21)18-12(4)11(2)3/h11-13H,5-10H2,1-4H3,(H,18,21)(H,19,23)/t12-,13?,17?/m1/s1. The zero-order chi connectivity index (χ0) is 17.2. The highest BCUT2D eigenvalue weighted by molar-refractivity contribution is 6.09. The van der Waals surface area contributed by atoms with Crippen molar-refractivity contribution < 1.29 is 14.4 Å². The zero-order valence-electron chi connectivity index (χ0n) is 14.6. The van der Waals surface area contributed by atoms with Crippen molar-refractivity contribution in [2.75, 3.05) is 6.54 Å². The van der Waals surface area contributed by atoms with E-state index in [2.05, 4.69) is 17.6 Å². The first-order valence-corrected chi connectivity index (χ1v) is 8.72. The molecule has 1 saturated heterocycles. The Bertz CT molecular complexity index is 481. The normalized spacial score (nSPS) is 29.1. The molecular weight excluding hydrogens is 294 g/mol. The maximum atomic E-state index is 12.7. The Hall–Kier alpha value is -1.59. The average Bonchev–Trinajstić information content (AvgIpc) is 2.72. The van der Waals surface area contributed by atoms with Gasteiger partial charge in [-0.1, -0.05) is 27.2 Å². The van der Waals surface area contributed by atoms with Crippen molar-refractivity contribution in [2.24, 2.45) is 11.8 Å². The number of carbonyl (C=O) groups excluding carboxylic acids is 3. The Morgan fingerprint density at radius 1 is 1.30 bits per heavy atom. The summed E-state index contributed by atoms with van der Waals surface area (Å²) < 4.78 is 0. The fourth-order valence-corrected chi connectivity index (χ4v) is 3.35. The summed E-state index contributed by atoms with van der Waals surface area (Å²) in [6.45, 7) is 7.91. The van der Waals surface area contributed by atoms with E-state index in [0.29, 0.717) is 24.7 Å². The molecular formula is C17H29N3O3. The van der Waals surface area contributed by atoms with Gasteiger partial charge in [0.15, 0.2) is 0 Å². The van der Waals surface area contributed by atoms with Crippen molar-refractivity contribution in [1.82, 2.24) is 15.5 Å². The Morgan fingerprint density at radius 2 is 1.91 bits per heavy atom. The van der Waals surface area contributed by atoms with Gasteiger partial charge >= 0.3 is 6.03 Å². The third-order valence-corrected chi connectivity index (χ3v) is 5.47. The number of carbonyl (C=O) groups is 3. The molecule has 2 aliphatic rings. The fourth-order valence-electron chi connectivity index (χ4n) is 3.35. The second-order valence-electron chi connectivity index (χ2n) is 7.36. The Balaban J connectivity index is 1.98. The summed E-state index contributed by atoms with van der Waals surface area (Å²) >= 11 is 0. The number of urea groups is 1. The van der Waals surface area contributed by atoms with Gasteiger partial charge in [-0.15, -0.1) is 0 Å². The summed E-state index contributed by atoms with van der Waals surface area (Å²) in [6.07, 6.45) is 4.37. The van der Waals surface area contributed by atoms with Crippen LogP contribution in [0.2, 0.25) is 0 Å². The molecule has 0 unspecified atom stereocenters. The number of nitrogens with zero attached hydrogens (tertiary/aromatic N) is 1. The van der Waals surface area contributed by atoms with Gasteiger partial charge in [-0.05, 0) is 44.4 Å². The fraction of sp³-hybridized carbons (Fsp3) is 0.824. The Kier molecular flexibility index (Phi) is 5.32. The first-order valence-electron chi connectivity index (χ1n) is 8.72. The first kappa shape index (κ1) is 17.8. The highest BCUT2D eigenvalue weighted by atomic mass is 16.2. The second kappa shape index (κ2) is 6.89. The van der Waals surface area contributed by atoms with E-state index in [1.54, 1.807) is 0 Å². The highest BCUT2D eigenvalue weighted by Crippen LogP contribution is 2.37. The van der Waals surface area contributed by atoms with E-state index in [1.165, 1.54) is 0 Å². The average molecular weight is 323 g/mol. The van der Waals surface area contributed by atoms with Crippen molar-refractivity contribution in [3.63, 3.8) is 0 Å². The number of imide groups is 1. The number of nitrogens with one attached hydrogen (secondary N) is 2. The van der Waals surface area contributed by atoms with Crippen LogP contribution in [0.3, 0.4) is 0 Å². The summed E-state index contributed by atoms with van der Waals surface area (Å²) in [5.74, 6) is 0.422. The number of hydrogen-bond acceptors (Lipinski definition) is 3. The minimum Gasteiger partial charge on any atom is -0.352 e. The molecule has 1 saturated carbocycles. The van der Waals surface area contributed by atoms with Crippen LogP contribution in [-0.2, 0) is 9.59 Å². The molecule has 1 aliphatic heterocycles. The quantitative estimate of drug-likeness (QED) is 0.760. The Morgan fingerprint density at radius 3 is 2.43 bits per heavy atom. The molecule has 6 nitrogen and oxygen atoms in total. The lowest BCUT2D eigenvalue weighted by Crippen LogP contribution is -2.50. The van der Waals surface area contributed by atoms with Crippen molar-refractivity contribution in [3.8, 4) is 0 Å². The molecule has 2 rings (SSSR count). The van der Waals surface area contributed by atoms with Crippen LogP contribution in [-0.4, -0.2) is 40.9 Å². The van der Waals surface area contributed by atoms with Gasteiger partial charge in [0.1, 0.15) is 12.1 Å². The van der Waals surface area contributed by atoms with Crippen LogP contribution in [0.4, 0.5) is 4.79 Å². The van der Waals surface area contributed by atoms with Gasteiger partial charge < -0.3 is 10.6 Å². The monoisotopic (exact) mass is 323 g/mol. The lowest BCUT2D eigenvalue weighted by Gasteiger charge is -2.34. The van der Waals surface area contributed by atoms with E-state index in [1.807, 2.05) is 20.8 Å². The molecule has 0 aromatic rings. The molecule has 1 atom stereocenters. The summed E-state index contributed by atoms with van der Waals surface area (Å²) in [5.41, 5.74) is -0.771. The van der Waals surface area contributed by atoms with Gasteiger partial charge in [0.2, 0.25) is 5.91 Å². The summed E-state index contributed by atoms with van der Waals surface area (Å²) in [4.78, 5) is 38.1. The van der Waals surface area contributed by atoms with E-state index >= 15 is 0 Å². The number of rotatable bonds is 5. The third-order valence-electron chi connectivity index (χ3n) is 5.47. The van der Waals surface area contributed by atoms with Gasteiger partial charge in [0.05, 0.1) is 0 Å². The van der Waals surface area contributed by atoms with Crippen molar-refractivity contribution in [2.45, 2.75) is 71.4 Å². The molecule has 0 bridgehead atoms. The predicted octanol–water partition coefficient (Wildman–Crippen LogP) is 2.04.